The zero-order valence-corrected chi connectivity index (χ0v) is 15.8. The Morgan fingerprint density at radius 2 is 1.95 bits per heavy atom. The molecule has 0 unspecified atom stereocenters. The summed E-state index contributed by atoms with van der Waals surface area (Å²) in [5.74, 6) is -0.153. The molecule has 1 aromatic heterocycles. The van der Waals surface area contributed by atoms with E-state index in [4.69, 9.17) is 0 Å². The van der Waals surface area contributed by atoms with Crippen molar-refractivity contribution in [3.8, 4) is 11.3 Å². The molecule has 0 aliphatic heterocycles. The number of thiazole rings is 1. The normalized spacial score (nSPS) is 10.5. The average molecular weight is 485 g/mol. The van der Waals surface area contributed by atoms with Crippen LogP contribution in [0.25, 0.3) is 11.3 Å². The minimum Gasteiger partial charge on any atom is -0.298 e. The Balaban J connectivity index is 1.81. The first-order valence-electron chi connectivity index (χ1n) is 6.41. The number of carbonyl (C=O) groups excluding carboxylic acids is 1. The summed E-state index contributed by atoms with van der Waals surface area (Å²) in [5, 5.41) is 5.40. The van der Waals surface area contributed by atoms with E-state index in [0.717, 1.165) is 19.3 Å². The largest absolute Gasteiger partial charge is 0.298 e. The topological polar surface area (TPSA) is 42.0 Å². The lowest BCUT2D eigenvalue weighted by atomic mass is 10.2. The van der Waals surface area contributed by atoms with Gasteiger partial charge in [-0.3, -0.25) is 10.1 Å². The van der Waals surface area contributed by atoms with Crippen LogP contribution in [0.15, 0.2) is 58.4 Å². The summed E-state index contributed by atoms with van der Waals surface area (Å²) in [6.07, 6.45) is 0. The van der Waals surface area contributed by atoms with Crippen LogP contribution in [0.5, 0.6) is 0 Å². The van der Waals surface area contributed by atoms with E-state index in [1.165, 1.54) is 11.3 Å². The third kappa shape index (κ3) is 3.56. The molecule has 3 nitrogen and oxygen atoms in total. The Kier molecular flexibility index (Phi) is 4.90. The maximum atomic E-state index is 12.4. The van der Waals surface area contributed by atoms with Crippen LogP contribution in [0.2, 0.25) is 0 Å². The van der Waals surface area contributed by atoms with Gasteiger partial charge in [0.1, 0.15) is 0 Å². The number of halogens is 2. The van der Waals surface area contributed by atoms with Gasteiger partial charge in [-0.15, -0.1) is 11.3 Å². The van der Waals surface area contributed by atoms with Crippen molar-refractivity contribution in [2.45, 2.75) is 0 Å². The molecule has 0 aliphatic carbocycles. The highest BCUT2D eigenvalue weighted by atomic mass is 127. The maximum Gasteiger partial charge on any atom is 0.258 e. The van der Waals surface area contributed by atoms with E-state index < -0.39 is 0 Å². The minimum atomic E-state index is -0.153. The molecule has 1 heterocycles. The molecular weight excluding hydrogens is 475 g/mol. The second-order valence-corrected chi connectivity index (χ2v) is 7.42. The van der Waals surface area contributed by atoms with Crippen molar-refractivity contribution in [2.75, 3.05) is 5.32 Å². The van der Waals surface area contributed by atoms with Crippen LogP contribution in [0.1, 0.15) is 10.4 Å². The molecule has 3 rings (SSSR count). The second kappa shape index (κ2) is 6.89. The van der Waals surface area contributed by atoms with Gasteiger partial charge in [-0.2, -0.15) is 0 Å². The highest BCUT2D eigenvalue weighted by Gasteiger charge is 2.13. The van der Waals surface area contributed by atoms with Gasteiger partial charge in [-0.05, 0) is 40.8 Å². The first-order valence-corrected chi connectivity index (χ1v) is 9.16. The Hall–Kier alpha value is -1.25. The van der Waals surface area contributed by atoms with Crippen LogP contribution in [0.3, 0.4) is 0 Å². The minimum absolute atomic E-state index is 0.153. The number of hydrogen-bond donors (Lipinski definition) is 1. The van der Waals surface area contributed by atoms with E-state index in [9.17, 15) is 4.79 Å². The SMILES string of the molecule is O=C(Nc1nc(-c2ccccc2)cs1)c1cc(Br)ccc1I. The van der Waals surface area contributed by atoms with E-state index in [0.29, 0.717) is 10.7 Å². The first kappa shape index (κ1) is 15.6. The van der Waals surface area contributed by atoms with E-state index >= 15 is 0 Å². The summed E-state index contributed by atoms with van der Waals surface area (Å²) in [6, 6.07) is 15.5. The van der Waals surface area contributed by atoms with Gasteiger partial charge in [0, 0.05) is 19.0 Å². The molecule has 22 heavy (non-hydrogen) atoms. The molecule has 0 atom stereocenters. The van der Waals surface area contributed by atoms with Crippen molar-refractivity contribution in [3.05, 3.63) is 67.5 Å². The lowest BCUT2D eigenvalue weighted by Crippen LogP contribution is -2.13. The number of amides is 1. The third-order valence-corrected chi connectivity index (χ3v) is 5.16. The summed E-state index contributed by atoms with van der Waals surface area (Å²) >= 11 is 6.96. The fraction of sp³-hybridized carbons (Fsp3) is 0. The van der Waals surface area contributed by atoms with Crippen molar-refractivity contribution in [3.63, 3.8) is 0 Å². The van der Waals surface area contributed by atoms with Crippen LogP contribution in [0.4, 0.5) is 5.13 Å². The van der Waals surface area contributed by atoms with Crippen LogP contribution in [-0.2, 0) is 0 Å². The van der Waals surface area contributed by atoms with Gasteiger partial charge in [0.05, 0.1) is 11.3 Å². The monoisotopic (exact) mass is 484 g/mol. The first-order chi connectivity index (χ1) is 10.6. The lowest BCUT2D eigenvalue weighted by molar-refractivity contribution is 0.102. The van der Waals surface area contributed by atoms with Gasteiger partial charge in [0.2, 0.25) is 0 Å². The summed E-state index contributed by atoms with van der Waals surface area (Å²) in [5.41, 5.74) is 2.53. The molecule has 0 saturated carbocycles. The van der Waals surface area contributed by atoms with Crippen molar-refractivity contribution in [2.24, 2.45) is 0 Å². The standard InChI is InChI=1S/C16H10BrIN2OS/c17-11-6-7-13(18)12(8-11)15(21)20-16-19-14(9-22-16)10-4-2-1-3-5-10/h1-9H,(H,19,20,21). The Bertz CT molecular complexity index is 820. The fourth-order valence-electron chi connectivity index (χ4n) is 1.91. The number of carbonyl (C=O) groups is 1. The van der Waals surface area contributed by atoms with Gasteiger partial charge < -0.3 is 0 Å². The lowest BCUT2D eigenvalue weighted by Gasteiger charge is -2.05. The molecule has 6 heteroatoms. The Morgan fingerprint density at radius 1 is 1.18 bits per heavy atom. The number of anilines is 1. The van der Waals surface area contributed by atoms with Crippen LogP contribution >= 0.6 is 49.9 Å². The van der Waals surface area contributed by atoms with E-state index in [-0.39, 0.29) is 5.91 Å². The third-order valence-electron chi connectivity index (χ3n) is 2.97. The zero-order valence-electron chi connectivity index (χ0n) is 11.2. The molecule has 0 saturated heterocycles. The Labute approximate surface area is 154 Å². The second-order valence-electron chi connectivity index (χ2n) is 4.48. The van der Waals surface area contributed by atoms with Gasteiger partial charge in [-0.25, -0.2) is 4.98 Å². The maximum absolute atomic E-state index is 12.4. The molecule has 110 valence electrons. The molecule has 0 aliphatic rings. The number of nitrogens with zero attached hydrogens (tertiary/aromatic N) is 1. The molecule has 0 radical (unpaired) electrons. The molecule has 3 aromatic rings. The number of rotatable bonds is 3. The Morgan fingerprint density at radius 3 is 2.73 bits per heavy atom. The molecule has 2 aromatic carbocycles. The predicted molar refractivity (Wildman–Crippen MR) is 102 cm³/mol. The van der Waals surface area contributed by atoms with Crippen LogP contribution < -0.4 is 5.32 Å². The molecule has 0 bridgehead atoms. The molecule has 1 N–H and O–H groups in total. The average Bonchev–Trinajstić information content (AvgIpc) is 2.99. The van der Waals surface area contributed by atoms with Crippen LogP contribution in [-0.4, -0.2) is 10.9 Å². The predicted octanol–water partition coefficient (Wildman–Crippen LogP) is 5.43. The molecule has 1 amide bonds. The fourth-order valence-corrected chi connectivity index (χ4v) is 3.56. The van der Waals surface area contributed by atoms with Crippen molar-refractivity contribution < 1.29 is 4.79 Å². The summed E-state index contributed by atoms with van der Waals surface area (Å²) in [4.78, 5) is 16.8. The van der Waals surface area contributed by atoms with Gasteiger partial charge >= 0.3 is 0 Å². The smallest absolute Gasteiger partial charge is 0.258 e. The summed E-state index contributed by atoms with van der Waals surface area (Å²) in [6.45, 7) is 0. The number of hydrogen-bond acceptors (Lipinski definition) is 3. The van der Waals surface area contributed by atoms with Crippen molar-refractivity contribution in [1.82, 2.24) is 4.98 Å². The quantitative estimate of drug-likeness (QED) is 0.503. The molecular formula is C16H10BrIN2OS. The van der Waals surface area contributed by atoms with Crippen molar-refractivity contribution >= 4 is 60.9 Å². The summed E-state index contributed by atoms with van der Waals surface area (Å²) < 4.78 is 1.78. The van der Waals surface area contributed by atoms with E-state index in [2.05, 4.69) is 48.8 Å². The zero-order chi connectivity index (χ0) is 15.5. The number of aromatic nitrogens is 1. The van der Waals surface area contributed by atoms with E-state index in [1.807, 2.05) is 53.9 Å². The highest BCUT2D eigenvalue weighted by molar-refractivity contribution is 14.1. The van der Waals surface area contributed by atoms with Gasteiger partial charge in [-0.1, -0.05) is 46.3 Å². The van der Waals surface area contributed by atoms with E-state index in [1.54, 1.807) is 0 Å². The highest BCUT2D eigenvalue weighted by Crippen LogP contribution is 2.26. The van der Waals surface area contributed by atoms with Crippen LogP contribution in [0, 0.1) is 3.57 Å². The van der Waals surface area contributed by atoms with Crippen molar-refractivity contribution in [1.29, 1.82) is 0 Å². The summed E-state index contributed by atoms with van der Waals surface area (Å²) in [7, 11) is 0. The van der Waals surface area contributed by atoms with Gasteiger partial charge in [0.25, 0.3) is 5.91 Å². The van der Waals surface area contributed by atoms with Gasteiger partial charge in [0.15, 0.2) is 5.13 Å². The molecule has 0 spiro atoms. The molecule has 0 fully saturated rings. The number of benzene rings is 2. The number of nitrogens with one attached hydrogen (secondary N) is 1.